The number of amides is 2. The number of carbonyl (C=O) groups is 2. The van der Waals surface area contributed by atoms with E-state index in [1.54, 1.807) is 15.9 Å². The van der Waals surface area contributed by atoms with Crippen LogP contribution >= 0.6 is 0 Å². The fourth-order valence-corrected chi connectivity index (χ4v) is 3.71. The summed E-state index contributed by atoms with van der Waals surface area (Å²) >= 11 is 0. The van der Waals surface area contributed by atoms with Gasteiger partial charge in [0.15, 0.2) is 0 Å². The third-order valence-corrected chi connectivity index (χ3v) is 5.24. The second-order valence-electron chi connectivity index (χ2n) is 7.42. The molecule has 1 aromatic rings. The molecular formula is C19H26N4O4. The Kier molecular flexibility index (Phi) is 5.62. The average molecular weight is 374 g/mol. The van der Waals surface area contributed by atoms with Crippen LogP contribution in [-0.2, 0) is 4.79 Å². The fraction of sp³-hybridized carbons (Fsp3) is 0.579. The first-order valence-corrected chi connectivity index (χ1v) is 9.50. The highest BCUT2D eigenvalue weighted by Crippen LogP contribution is 2.29. The lowest BCUT2D eigenvalue weighted by Crippen LogP contribution is -2.51. The molecule has 0 aliphatic carbocycles. The van der Waals surface area contributed by atoms with E-state index in [9.17, 15) is 19.7 Å². The van der Waals surface area contributed by atoms with Crippen LogP contribution in [0.4, 0.5) is 11.4 Å². The van der Waals surface area contributed by atoms with E-state index in [1.807, 2.05) is 13.8 Å². The molecule has 27 heavy (non-hydrogen) atoms. The smallest absolute Gasteiger partial charge is 0.270 e. The maximum Gasteiger partial charge on any atom is 0.270 e. The molecule has 2 saturated heterocycles. The van der Waals surface area contributed by atoms with Crippen LogP contribution in [0.25, 0.3) is 0 Å². The van der Waals surface area contributed by atoms with Crippen LogP contribution in [0.3, 0.4) is 0 Å². The lowest BCUT2D eigenvalue weighted by atomic mass is 10.1. The molecule has 0 aromatic heterocycles. The van der Waals surface area contributed by atoms with Crippen LogP contribution in [-0.4, -0.2) is 65.8 Å². The van der Waals surface area contributed by atoms with Crippen molar-refractivity contribution >= 4 is 23.2 Å². The molecule has 2 heterocycles. The predicted molar refractivity (Wildman–Crippen MR) is 102 cm³/mol. The molecule has 0 spiro atoms. The number of non-ortho nitro benzene ring substituents is 1. The van der Waals surface area contributed by atoms with E-state index in [4.69, 9.17) is 0 Å². The Bertz CT molecular complexity index is 735. The zero-order chi connectivity index (χ0) is 19.6. The van der Waals surface area contributed by atoms with Gasteiger partial charge in [0, 0.05) is 57.3 Å². The third-order valence-electron chi connectivity index (χ3n) is 5.24. The van der Waals surface area contributed by atoms with Gasteiger partial charge in [-0.1, -0.05) is 13.8 Å². The molecule has 8 nitrogen and oxygen atoms in total. The second-order valence-corrected chi connectivity index (χ2v) is 7.42. The van der Waals surface area contributed by atoms with Gasteiger partial charge in [0.2, 0.25) is 5.91 Å². The molecule has 0 saturated carbocycles. The Balaban J connectivity index is 1.80. The van der Waals surface area contributed by atoms with Crippen LogP contribution in [0.15, 0.2) is 18.2 Å². The number of nitro groups is 1. The van der Waals surface area contributed by atoms with Gasteiger partial charge in [-0.2, -0.15) is 0 Å². The zero-order valence-electron chi connectivity index (χ0n) is 15.9. The van der Waals surface area contributed by atoms with Crippen LogP contribution in [0.5, 0.6) is 0 Å². The summed E-state index contributed by atoms with van der Waals surface area (Å²) < 4.78 is 0. The summed E-state index contributed by atoms with van der Waals surface area (Å²) in [7, 11) is 0. The van der Waals surface area contributed by atoms with Crippen molar-refractivity contribution in [1.82, 2.24) is 9.80 Å². The lowest BCUT2D eigenvalue weighted by Gasteiger charge is -2.36. The van der Waals surface area contributed by atoms with Crippen LogP contribution in [0, 0.1) is 16.0 Å². The van der Waals surface area contributed by atoms with Crippen molar-refractivity contribution in [2.24, 2.45) is 5.92 Å². The largest absolute Gasteiger partial charge is 0.371 e. The maximum atomic E-state index is 13.1. The number of nitrogens with zero attached hydrogens (tertiary/aromatic N) is 4. The predicted octanol–water partition coefficient (Wildman–Crippen LogP) is 2.14. The number of nitro benzene ring substituents is 1. The summed E-state index contributed by atoms with van der Waals surface area (Å²) in [6.45, 7) is 7.33. The Morgan fingerprint density at radius 2 is 1.59 bits per heavy atom. The topological polar surface area (TPSA) is 87.0 Å². The minimum Gasteiger partial charge on any atom is -0.371 e. The summed E-state index contributed by atoms with van der Waals surface area (Å²) in [6, 6.07) is 4.54. The van der Waals surface area contributed by atoms with Gasteiger partial charge in [-0.3, -0.25) is 19.7 Å². The summed E-state index contributed by atoms with van der Waals surface area (Å²) in [4.78, 5) is 41.6. The first kappa shape index (κ1) is 19.1. The number of hydrogen-bond acceptors (Lipinski definition) is 5. The van der Waals surface area contributed by atoms with Gasteiger partial charge in [-0.15, -0.1) is 0 Å². The Hall–Kier alpha value is -2.64. The van der Waals surface area contributed by atoms with E-state index in [0.29, 0.717) is 31.7 Å². The van der Waals surface area contributed by atoms with E-state index in [-0.39, 0.29) is 23.4 Å². The quantitative estimate of drug-likeness (QED) is 0.595. The van der Waals surface area contributed by atoms with Gasteiger partial charge >= 0.3 is 0 Å². The normalized spacial score (nSPS) is 17.5. The molecule has 0 atom stereocenters. The minimum absolute atomic E-state index is 0.0641. The monoisotopic (exact) mass is 374 g/mol. The summed E-state index contributed by atoms with van der Waals surface area (Å²) in [6.07, 6.45) is 2.11. The Morgan fingerprint density at radius 1 is 1.00 bits per heavy atom. The molecule has 2 aliphatic heterocycles. The summed E-state index contributed by atoms with van der Waals surface area (Å²) in [5.41, 5.74) is 1.08. The Morgan fingerprint density at radius 3 is 2.15 bits per heavy atom. The second kappa shape index (κ2) is 7.94. The standard InChI is InChI=1S/C19H26N4O4/c1-14(2)18(24)21-9-11-22(12-10-21)19(25)16-13-15(23(26)27)5-6-17(16)20-7-3-4-8-20/h5-6,13-14H,3-4,7-12H2,1-2H3. The molecule has 146 valence electrons. The van der Waals surface area contributed by atoms with Gasteiger partial charge in [-0.25, -0.2) is 0 Å². The van der Waals surface area contributed by atoms with Crippen molar-refractivity contribution in [3.63, 3.8) is 0 Å². The number of anilines is 1. The van der Waals surface area contributed by atoms with Gasteiger partial charge in [0.05, 0.1) is 16.2 Å². The lowest BCUT2D eigenvalue weighted by molar-refractivity contribution is -0.384. The number of rotatable bonds is 4. The summed E-state index contributed by atoms with van der Waals surface area (Å²) in [5, 5.41) is 11.2. The van der Waals surface area contributed by atoms with Gasteiger partial charge < -0.3 is 14.7 Å². The van der Waals surface area contributed by atoms with E-state index in [0.717, 1.165) is 31.6 Å². The molecule has 0 bridgehead atoms. The molecule has 2 aliphatic rings. The van der Waals surface area contributed by atoms with E-state index < -0.39 is 4.92 Å². The van der Waals surface area contributed by atoms with Gasteiger partial charge in [0.1, 0.15) is 0 Å². The van der Waals surface area contributed by atoms with Crippen LogP contribution in [0.1, 0.15) is 37.0 Å². The minimum atomic E-state index is -0.468. The molecule has 0 unspecified atom stereocenters. The van der Waals surface area contributed by atoms with Crippen LogP contribution in [0.2, 0.25) is 0 Å². The zero-order valence-corrected chi connectivity index (χ0v) is 15.9. The molecular weight excluding hydrogens is 348 g/mol. The van der Waals surface area contributed by atoms with E-state index >= 15 is 0 Å². The van der Waals surface area contributed by atoms with E-state index in [2.05, 4.69) is 4.90 Å². The highest BCUT2D eigenvalue weighted by molar-refractivity contribution is 6.00. The highest BCUT2D eigenvalue weighted by atomic mass is 16.6. The van der Waals surface area contributed by atoms with Crippen molar-refractivity contribution in [3.05, 3.63) is 33.9 Å². The first-order chi connectivity index (χ1) is 12.9. The average Bonchev–Trinajstić information content (AvgIpc) is 3.21. The third kappa shape index (κ3) is 4.04. The van der Waals surface area contributed by atoms with Gasteiger partial charge in [-0.05, 0) is 18.9 Å². The number of benzene rings is 1. The first-order valence-electron chi connectivity index (χ1n) is 9.50. The molecule has 2 fully saturated rings. The van der Waals surface area contributed by atoms with E-state index in [1.165, 1.54) is 12.1 Å². The molecule has 0 N–H and O–H groups in total. The summed E-state index contributed by atoms with van der Waals surface area (Å²) in [5.74, 6) is -0.168. The molecule has 2 amide bonds. The van der Waals surface area contributed by atoms with Gasteiger partial charge in [0.25, 0.3) is 11.6 Å². The number of piperazine rings is 1. The molecule has 3 rings (SSSR count). The SMILES string of the molecule is CC(C)C(=O)N1CCN(C(=O)c2cc([N+](=O)[O-])ccc2N2CCCC2)CC1. The van der Waals surface area contributed by atoms with Crippen molar-refractivity contribution in [3.8, 4) is 0 Å². The molecule has 0 radical (unpaired) electrons. The maximum absolute atomic E-state index is 13.1. The van der Waals surface area contributed by atoms with Crippen LogP contribution < -0.4 is 4.90 Å². The molecule has 1 aromatic carbocycles. The van der Waals surface area contributed by atoms with Crippen molar-refractivity contribution in [1.29, 1.82) is 0 Å². The molecule has 8 heteroatoms. The van der Waals surface area contributed by atoms with Crippen molar-refractivity contribution < 1.29 is 14.5 Å². The number of hydrogen-bond donors (Lipinski definition) is 0. The number of carbonyl (C=O) groups excluding carboxylic acids is 2. The van der Waals surface area contributed by atoms with Crippen molar-refractivity contribution in [2.45, 2.75) is 26.7 Å². The highest BCUT2D eigenvalue weighted by Gasteiger charge is 2.29. The van der Waals surface area contributed by atoms with Crippen molar-refractivity contribution in [2.75, 3.05) is 44.2 Å². The Labute approximate surface area is 158 Å². The fourth-order valence-electron chi connectivity index (χ4n) is 3.71.